The van der Waals surface area contributed by atoms with Gasteiger partial charge in [0, 0.05) is 4.47 Å². The molecule has 6 heteroatoms. The number of hydrogen-bond donors (Lipinski definition) is 0. The molecule has 0 saturated carbocycles. The molecule has 0 amide bonds. The van der Waals surface area contributed by atoms with Crippen LogP contribution in [0.4, 0.5) is 0 Å². The summed E-state index contributed by atoms with van der Waals surface area (Å²) in [5, 5.41) is 8.34. The molecule has 0 saturated heterocycles. The smallest absolute Gasteiger partial charge is 0.161 e. The minimum Gasteiger partial charge on any atom is -0.493 e. The summed E-state index contributed by atoms with van der Waals surface area (Å²) >= 11 is 3.48. The van der Waals surface area contributed by atoms with Crippen LogP contribution in [0.1, 0.15) is 16.8 Å². The second-order valence-electron chi connectivity index (χ2n) is 5.80. The molecule has 0 spiro atoms. The lowest BCUT2D eigenvalue weighted by Gasteiger charge is -2.10. The molecule has 5 nitrogen and oxygen atoms in total. The lowest BCUT2D eigenvalue weighted by atomic mass is 10.1. The Morgan fingerprint density at radius 1 is 1.15 bits per heavy atom. The molecule has 0 unspecified atom stereocenters. The Balaban J connectivity index is 1.63. The van der Waals surface area contributed by atoms with Crippen LogP contribution in [0.3, 0.4) is 0 Å². The van der Waals surface area contributed by atoms with Crippen molar-refractivity contribution in [3.63, 3.8) is 0 Å². The second kappa shape index (κ2) is 8.67. The lowest BCUT2D eigenvalue weighted by molar-refractivity contribution is 0.280. The normalized spacial score (nSPS) is 10.5. The van der Waals surface area contributed by atoms with E-state index in [2.05, 4.69) is 45.0 Å². The monoisotopic (exact) mass is 413 g/mol. The van der Waals surface area contributed by atoms with Crippen LogP contribution in [0.25, 0.3) is 0 Å². The molecule has 3 aromatic rings. The highest BCUT2D eigenvalue weighted by Crippen LogP contribution is 2.29. The van der Waals surface area contributed by atoms with Crippen molar-refractivity contribution in [1.82, 2.24) is 15.0 Å². The molecule has 0 aliphatic rings. The first-order valence-corrected chi connectivity index (χ1v) is 9.01. The zero-order valence-corrected chi connectivity index (χ0v) is 16.1. The summed E-state index contributed by atoms with van der Waals surface area (Å²) < 4.78 is 14.1. The maximum atomic E-state index is 5.86. The zero-order chi connectivity index (χ0) is 18.4. The molecule has 0 radical (unpaired) electrons. The summed E-state index contributed by atoms with van der Waals surface area (Å²) in [5.74, 6) is 1.38. The topological polar surface area (TPSA) is 49.2 Å². The van der Waals surface area contributed by atoms with E-state index in [1.807, 2.05) is 42.6 Å². The fourth-order valence-corrected chi connectivity index (χ4v) is 3.03. The van der Waals surface area contributed by atoms with Gasteiger partial charge in [0.1, 0.15) is 12.3 Å². The van der Waals surface area contributed by atoms with Crippen LogP contribution in [-0.2, 0) is 19.6 Å². The fraction of sp³-hybridized carbons (Fsp3) is 0.200. The molecule has 0 atom stereocenters. The van der Waals surface area contributed by atoms with Crippen molar-refractivity contribution in [2.75, 3.05) is 7.11 Å². The van der Waals surface area contributed by atoms with Crippen LogP contribution in [0.5, 0.6) is 11.5 Å². The van der Waals surface area contributed by atoms with E-state index in [0.29, 0.717) is 24.7 Å². The Kier molecular flexibility index (Phi) is 6.07. The van der Waals surface area contributed by atoms with Crippen molar-refractivity contribution in [2.24, 2.45) is 0 Å². The van der Waals surface area contributed by atoms with Crippen LogP contribution in [0, 0.1) is 0 Å². The maximum absolute atomic E-state index is 5.86. The quantitative estimate of drug-likeness (QED) is 0.513. The Labute approximate surface area is 161 Å². The average Bonchev–Trinajstić information content (AvgIpc) is 3.08. The molecule has 0 bridgehead atoms. The van der Waals surface area contributed by atoms with E-state index in [4.69, 9.17) is 9.47 Å². The molecule has 26 heavy (non-hydrogen) atoms. The van der Waals surface area contributed by atoms with E-state index in [1.165, 1.54) is 0 Å². The third-order valence-corrected chi connectivity index (χ3v) is 4.30. The Hall–Kier alpha value is -2.60. The van der Waals surface area contributed by atoms with Crippen molar-refractivity contribution in [3.8, 4) is 11.5 Å². The third kappa shape index (κ3) is 4.73. The van der Waals surface area contributed by atoms with Gasteiger partial charge < -0.3 is 9.47 Å². The highest BCUT2D eigenvalue weighted by molar-refractivity contribution is 9.10. The molecule has 3 rings (SSSR count). The minimum absolute atomic E-state index is 0.329. The molecule has 1 aromatic heterocycles. The summed E-state index contributed by atoms with van der Waals surface area (Å²) in [6.07, 6.45) is 4.54. The van der Waals surface area contributed by atoms with Gasteiger partial charge in [-0.2, -0.15) is 0 Å². The van der Waals surface area contributed by atoms with Crippen LogP contribution in [0.15, 0.2) is 65.8 Å². The van der Waals surface area contributed by atoms with Crippen LogP contribution >= 0.6 is 15.9 Å². The number of allylic oxidation sites excluding steroid dienone is 1. The first-order valence-electron chi connectivity index (χ1n) is 8.22. The molecule has 1 heterocycles. The second-order valence-corrected chi connectivity index (χ2v) is 6.72. The number of aromatic nitrogens is 3. The molecule has 0 aliphatic carbocycles. The highest BCUT2D eigenvalue weighted by atomic mass is 79.9. The Morgan fingerprint density at radius 2 is 2.04 bits per heavy atom. The van der Waals surface area contributed by atoms with Gasteiger partial charge in [-0.05, 0) is 41.8 Å². The molecule has 2 aromatic carbocycles. The van der Waals surface area contributed by atoms with Crippen molar-refractivity contribution < 1.29 is 9.47 Å². The molecule has 134 valence electrons. The number of halogens is 1. The van der Waals surface area contributed by atoms with E-state index < -0.39 is 0 Å². The molecule has 0 aliphatic heterocycles. The van der Waals surface area contributed by atoms with Gasteiger partial charge in [-0.15, -0.1) is 11.7 Å². The summed E-state index contributed by atoms with van der Waals surface area (Å²) in [6, 6.07) is 14.0. The fourth-order valence-electron chi connectivity index (χ4n) is 2.58. The first kappa shape index (κ1) is 18.2. The van der Waals surface area contributed by atoms with Crippen molar-refractivity contribution >= 4 is 15.9 Å². The Bertz CT molecular complexity index is 892. The van der Waals surface area contributed by atoms with Gasteiger partial charge in [-0.3, -0.25) is 0 Å². The van der Waals surface area contributed by atoms with Crippen molar-refractivity contribution in [1.29, 1.82) is 0 Å². The summed E-state index contributed by atoms with van der Waals surface area (Å²) in [7, 11) is 1.63. The van der Waals surface area contributed by atoms with E-state index >= 15 is 0 Å². The summed E-state index contributed by atoms with van der Waals surface area (Å²) in [5.41, 5.74) is 3.04. The van der Waals surface area contributed by atoms with Crippen LogP contribution < -0.4 is 9.47 Å². The minimum atomic E-state index is 0.329. The highest BCUT2D eigenvalue weighted by Gasteiger charge is 2.08. The van der Waals surface area contributed by atoms with Gasteiger partial charge in [0.15, 0.2) is 11.5 Å². The lowest BCUT2D eigenvalue weighted by Crippen LogP contribution is -2.00. The molecular weight excluding hydrogens is 394 g/mol. The van der Waals surface area contributed by atoms with Gasteiger partial charge in [0.2, 0.25) is 0 Å². The number of ether oxygens (including phenoxy) is 2. The van der Waals surface area contributed by atoms with Gasteiger partial charge in [0.05, 0.1) is 19.9 Å². The van der Waals surface area contributed by atoms with Crippen molar-refractivity contribution in [2.45, 2.75) is 19.6 Å². The van der Waals surface area contributed by atoms with Crippen LogP contribution in [-0.4, -0.2) is 22.1 Å². The summed E-state index contributed by atoms with van der Waals surface area (Å²) in [4.78, 5) is 0. The van der Waals surface area contributed by atoms with E-state index in [9.17, 15) is 0 Å². The average molecular weight is 414 g/mol. The number of benzene rings is 2. The predicted octanol–water partition coefficient (Wildman–Crippen LogP) is 4.41. The standard InChI is InChI=1S/C20H20BrN3O2/c1-3-5-15-8-9-19(20(11-15)25-2)26-14-18-13-24(23-22-18)12-16-6-4-7-17(21)10-16/h3-4,6-11,13H,1,5,12,14H2,2H3. The van der Waals surface area contributed by atoms with Crippen LogP contribution in [0.2, 0.25) is 0 Å². The summed E-state index contributed by atoms with van der Waals surface area (Å²) in [6.45, 7) is 4.74. The number of methoxy groups -OCH3 is 1. The van der Waals surface area contributed by atoms with Gasteiger partial charge in [-0.25, -0.2) is 4.68 Å². The van der Waals surface area contributed by atoms with Gasteiger partial charge >= 0.3 is 0 Å². The number of hydrogen-bond acceptors (Lipinski definition) is 4. The third-order valence-electron chi connectivity index (χ3n) is 3.80. The van der Waals surface area contributed by atoms with Gasteiger partial charge in [-0.1, -0.05) is 45.4 Å². The largest absolute Gasteiger partial charge is 0.493 e. The van der Waals surface area contributed by atoms with E-state index in [-0.39, 0.29) is 0 Å². The molecular formula is C20H20BrN3O2. The van der Waals surface area contributed by atoms with Gasteiger partial charge in [0.25, 0.3) is 0 Å². The van der Waals surface area contributed by atoms with Crippen molar-refractivity contribution in [3.05, 3.63) is 82.6 Å². The maximum Gasteiger partial charge on any atom is 0.161 e. The Morgan fingerprint density at radius 3 is 2.81 bits per heavy atom. The number of rotatable bonds is 8. The van der Waals surface area contributed by atoms with E-state index in [1.54, 1.807) is 11.8 Å². The number of nitrogens with zero attached hydrogens (tertiary/aromatic N) is 3. The zero-order valence-electron chi connectivity index (χ0n) is 14.6. The predicted molar refractivity (Wildman–Crippen MR) is 104 cm³/mol. The SMILES string of the molecule is C=CCc1ccc(OCc2cn(Cc3cccc(Br)c3)nn2)c(OC)c1. The first-order chi connectivity index (χ1) is 12.7. The molecule has 0 fully saturated rings. The van der Waals surface area contributed by atoms with E-state index in [0.717, 1.165) is 27.7 Å². The molecule has 0 N–H and O–H groups in total.